The van der Waals surface area contributed by atoms with Crippen LogP contribution in [0, 0.1) is 5.92 Å². The van der Waals surface area contributed by atoms with Crippen LogP contribution in [0.3, 0.4) is 0 Å². The summed E-state index contributed by atoms with van der Waals surface area (Å²) >= 11 is 5.85. The molecule has 0 radical (unpaired) electrons. The van der Waals surface area contributed by atoms with Crippen LogP contribution in [0.15, 0.2) is 24.3 Å². The zero-order valence-electron chi connectivity index (χ0n) is 13.6. The molecule has 1 aromatic rings. The number of benzene rings is 1. The van der Waals surface area contributed by atoms with E-state index in [1.807, 2.05) is 24.3 Å². The maximum atomic E-state index is 11.9. The SMILES string of the molecule is O=C(CCCc1ccc(Cl)cc1)NCCN1CCC[C@@H](CO)C1. The average molecular weight is 339 g/mol. The van der Waals surface area contributed by atoms with E-state index in [0.717, 1.165) is 50.3 Å². The van der Waals surface area contributed by atoms with Gasteiger partial charge in [0.05, 0.1) is 0 Å². The van der Waals surface area contributed by atoms with Gasteiger partial charge in [0.15, 0.2) is 0 Å². The second-order valence-corrected chi connectivity index (χ2v) is 6.76. The molecule has 0 aromatic heterocycles. The fourth-order valence-electron chi connectivity index (χ4n) is 3.05. The molecular weight excluding hydrogens is 312 g/mol. The first-order chi connectivity index (χ1) is 11.2. The van der Waals surface area contributed by atoms with Gasteiger partial charge in [-0.15, -0.1) is 0 Å². The quantitative estimate of drug-likeness (QED) is 0.765. The molecule has 1 atom stereocenters. The minimum atomic E-state index is 0.120. The van der Waals surface area contributed by atoms with E-state index in [0.29, 0.717) is 18.9 Å². The predicted octanol–water partition coefficient (Wildman–Crippen LogP) is 2.48. The van der Waals surface area contributed by atoms with Crippen molar-refractivity contribution in [3.05, 3.63) is 34.9 Å². The van der Waals surface area contributed by atoms with E-state index in [1.54, 1.807) is 0 Å². The summed E-state index contributed by atoms with van der Waals surface area (Å²) in [5.74, 6) is 0.522. The predicted molar refractivity (Wildman–Crippen MR) is 93.6 cm³/mol. The molecule has 1 aromatic carbocycles. The Bertz CT molecular complexity index is 478. The third kappa shape index (κ3) is 6.90. The summed E-state index contributed by atoms with van der Waals surface area (Å²) in [6.07, 6.45) is 4.56. The van der Waals surface area contributed by atoms with Crippen LogP contribution < -0.4 is 5.32 Å². The zero-order chi connectivity index (χ0) is 16.5. The normalized spacial score (nSPS) is 18.8. The maximum absolute atomic E-state index is 11.9. The Labute approximate surface area is 143 Å². The Kier molecular flexibility index (Phi) is 7.86. The highest BCUT2D eigenvalue weighted by Gasteiger charge is 2.18. The lowest BCUT2D eigenvalue weighted by Gasteiger charge is -2.31. The monoisotopic (exact) mass is 338 g/mol. The average Bonchev–Trinajstić information content (AvgIpc) is 2.57. The summed E-state index contributed by atoms with van der Waals surface area (Å²) < 4.78 is 0. The van der Waals surface area contributed by atoms with E-state index in [4.69, 9.17) is 11.6 Å². The molecule has 0 unspecified atom stereocenters. The van der Waals surface area contributed by atoms with E-state index in [2.05, 4.69) is 10.2 Å². The molecule has 4 nitrogen and oxygen atoms in total. The molecule has 0 aliphatic carbocycles. The van der Waals surface area contributed by atoms with Crippen molar-refractivity contribution in [2.75, 3.05) is 32.8 Å². The number of carbonyl (C=O) groups excluding carboxylic acids is 1. The summed E-state index contributed by atoms with van der Waals surface area (Å²) in [5, 5.41) is 13.0. The van der Waals surface area contributed by atoms with Crippen molar-refractivity contribution in [2.24, 2.45) is 5.92 Å². The first kappa shape index (κ1) is 18.2. The summed E-state index contributed by atoms with van der Waals surface area (Å²) in [7, 11) is 0. The van der Waals surface area contributed by atoms with Crippen LogP contribution in [0.1, 0.15) is 31.2 Å². The Morgan fingerprint density at radius 3 is 2.87 bits per heavy atom. The smallest absolute Gasteiger partial charge is 0.220 e. The van der Waals surface area contributed by atoms with Crippen molar-refractivity contribution < 1.29 is 9.90 Å². The Morgan fingerprint density at radius 2 is 2.13 bits per heavy atom. The molecular formula is C18H27ClN2O2. The molecule has 5 heteroatoms. The lowest BCUT2D eigenvalue weighted by molar-refractivity contribution is -0.121. The number of carbonyl (C=O) groups is 1. The van der Waals surface area contributed by atoms with Gasteiger partial charge >= 0.3 is 0 Å². The van der Waals surface area contributed by atoms with Crippen LogP contribution in [0.4, 0.5) is 0 Å². The molecule has 1 heterocycles. The minimum Gasteiger partial charge on any atom is -0.396 e. The number of piperidine rings is 1. The van der Waals surface area contributed by atoms with E-state index < -0.39 is 0 Å². The van der Waals surface area contributed by atoms with E-state index in [-0.39, 0.29) is 12.5 Å². The van der Waals surface area contributed by atoms with Gasteiger partial charge in [-0.25, -0.2) is 0 Å². The number of rotatable bonds is 8. The number of halogens is 1. The van der Waals surface area contributed by atoms with Crippen LogP contribution in [0.5, 0.6) is 0 Å². The first-order valence-electron chi connectivity index (χ1n) is 8.51. The highest BCUT2D eigenvalue weighted by molar-refractivity contribution is 6.30. The lowest BCUT2D eigenvalue weighted by Crippen LogP contribution is -2.41. The topological polar surface area (TPSA) is 52.6 Å². The number of hydrogen-bond donors (Lipinski definition) is 2. The molecule has 128 valence electrons. The van der Waals surface area contributed by atoms with Gasteiger partial charge in [0.25, 0.3) is 0 Å². The number of aliphatic hydroxyl groups is 1. The lowest BCUT2D eigenvalue weighted by atomic mass is 9.99. The van der Waals surface area contributed by atoms with Gasteiger partial charge in [0, 0.05) is 37.7 Å². The third-order valence-electron chi connectivity index (χ3n) is 4.39. The van der Waals surface area contributed by atoms with Crippen molar-refractivity contribution in [3.8, 4) is 0 Å². The van der Waals surface area contributed by atoms with E-state index >= 15 is 0 Å². The van der Waals surface area contributed by atoms with Gasteiger partial charge < -0.3 is 15.3 Å². The van der Waals surface area contributed by atoms with Crippen molar-refractivity contribution in [3.63, 3.8) is 0 Å². The number of aryl methyl sites for hydroxylation is 1. The summed E-state index contributed by atoms with van der Waals surface area (Å²) in [6, 6.07) is 7.78. The third-order valence-corrected chi connectivity index (χ3v) is 4.65. The second kappa shape index (κ2) is 9.91. The molecule has 2 rings (SSSR count). The molecule has 0 spiro atoms. The highest BCUT2D eigenvalue weighted by atomic mass is 35.5. The Morgan fingerprint density at radius 1 is 1.35 bits per heavy atom. The van der Waals surface area contributed by atoms with Crippen LogP contribution in [0.25, 0.3) is 0 Å². The summed E-state index contributed by atoms with van der Waals surface area (Å²) in [4.78, 5) is 14.2. The molecule has 1 aliphatic heterocycles. The fourth-order valence-corrected chi connectivity index (χ4v) is 3.18. The van der Waals surface area contributed by atoms with Gasteiger partial charge in [-0.05, 0) is 55.8 Å². The van der Waals surface area contributed by atoms with Crippen LogP contribution in [-0.4, -0.2) is 48.7 Å². The molecule has 1 amide bonds. The van der Waals surface area contributed by atoms with Crippen molar-refractivity contribution in [1.82, 2.24) is 10.2 Å². The molecule has 0 bridgehead atoms. The van der Waals surface area contributed by atoms with Gasteiger partial charge in [-0.3, -0.25) is 4.79 Å². The molecule has 23 heavy (non-hydrogen) atoms. The van der Waals surface area contributed by atoms with Crippen molar-refractivity contribution >= 4 is 17.5 Å². The first-order valence-corrected chi connectivity index (χ1v) is 8.89. The number of hydrogen-bond acceptors (Lipinski definition) is 3. The number of amides is 1. The van der Waals surface area contributed by atoms with Gasteiger partial charge in [-0.1, -0.05) is 23.7 Å². The molecule has 1 fully saturated rings. The standard InChI is InChI=1S/C18H27ClN2O2/c19-17-8-6-15(7-9-17)3-1-5-18(23)20-10-12-21-11-2-4-16(13-21)14-22/h6-9,16,22H,1-5,10-14H2,(H,20,23)/t16-/m1/s1. The van der Waals surface area contributed by atoms with E-state index in [9.17, 15) is 9.90 Å². The fraction of sp³-hybridized carbons (Fsp3) is 0.611. The zero-order valence-corrected chi connectivity index (χ0v) is 14.4. The Hall–Kier alpha value is -1.10. The number of nitrogens with one attached hydrogen (secondary N) is 1. The van der Waals surface area contributed by atoms with Crippen molar-refractivity contribution in [1.29, 1.82) is 0 Å². The molecule has 2 N–H and O–H groups in total. The van der Waals surface area contributed by atoms with Crippen molar-refractivity contribution in [2.45, 2.75) is 32.1 Å². The maximum Gasteiger partial charge on any atom is 0.220 e. The number of aliphatic hydroxyl groups excluding tert-OH is 1. The second-order valence-electron chi connectivity index (χ2n) is 6.32. The number of likely N-dealkylation sites (tertiary alicyclic amines) is 1. The Balaban J connectivity index is 1.55. The molecule has 1 aliphatic rings. The van der Waals surface area contributed by atoms with Crippen LogP contribution >= 0.6 is 11.6 Å². The largest absolute Gasteiger partial charge is 0.396 e. The van der Waals surface area contributed by atoms with Gasteiger partial charge in [0.1, 0.15) is 0 Å². The molecule has 1 saturated heterocycles. The summed E-state index contributed by atoms with van der Waals surface area (Å²) in [5.41, 5.74) is 1.21. The van der Waals surface area contributed by atoms with E-state index in [1.165, 1.54) is 5.56 Å². The molecule has 0 saturated carbocycles. The highest BCUT2D eigenvalue weighted by Crippen LogP contribution is 2.15. The van der Waals surface area contributed by atoms with Gasteiger partial charge in [0.2, 0.25) is 5.91 Å². The van der Waals surface area contributed by atoms with Crippen LogP contribution in [-0.2, 0) is 11.2 Å². The summed E-state index contributed by atoms with van der Waals surface area (Å²) in [6.45, 7) is 3.86. The van der Waals surface area contributed by atoms with Gasteiger partial charge in [-0.2, -0.15) is 0 Å². The number of nitrogens with zero attached hydrogens (tertiary/aromatic N) is 1. The van der Waals surface area contributed by atoms with Crippen LogP contribution in [0.2, 0.25) is 5.02 Å². The minimum absolute atomic E-state index is 0.120.